The molecule has 0 heterocycles. The minimum Gasteiger partial charge on any atom is -0.544 e. The van der Waals surface area contributed by atoms with Gasteiger partial charge in [0, 0.05) is 12.8 Å². The number of rotatable bonds is 6. The minimum absolute atomic E-state index is 0. The van der Waals surface area contributed by atoms with Gasteiger partial charge in [-0.1, -0.05) is 0 Å². The van der Waals surface area contributed by atoms with Crippen molar-refractivity contribution in [2.75, 3.05) is 0 Å². The monoisotopic (exact) mass is 258 g/mol. The second-order valence-electron chi connectivity index (χ2n) is 4.79. The summed E-state index contributed by atoms with van der Waals surface area (Å²) < 4.78 is 30.1. The molecule has 0 aromatic heterocycles. The number of aliphatic carboxylic acids is 1. The number of unbranched alkanes of at least 4 members (excludes halogenated alkanes) is 1. The Kier molecular flexibility index (Phi) is 8.49. The van der Waals surface area contributed by atoms with Crippen molar-refractivity contribution in [1.82, 2.24) is 0 Å². The fraction of sp³-hybridized carbons (Fsp3) is 0.818. The summed E-state index contributed by atoms with van der Waals surface area (Å²) in [4.78, 5) is 21.2. The zero-order valence-electron chi connectivity index (χ0n) is 11.2. The number of carbonyl (C=O) groups excluding carboxylic acids is 2. The predicted molar refractivity (Wildman–Crippen MR) is 54.3 cm³/mol. The van der Waals surface area contributed by atoms with E-state index in [1.54, 1.807) is 20.8 Å². The largest absolute Gasteiger partial charge is 1.00 e. The molecule has 18 heavy (non-hydrogen) atoms. The van der Waals surface area contributed by atoms with Gasteiger partial charge >= 0.3 is 24.8 Å². The van der Waals surface area contributed by atoms with E-state index in [4.69, 9.17) is 4.74 Å². The average Bonchev–Trinajstić information content (AvgIpc) is 2.09. The summed E-state index contributed by atoms with van der Waals surface area (Å²) in [5.41, 5.74) is -0.605. The van der Waals surface area contributed by atoms with Gasteiger partial charge in [-0.25, -0.2) is 8.78 Å². The topological polar surface area (TPSA) is 66.4 Å². The van der Waals surface area contributed by atoms with Crippen molar-refractivity contribution in [3.8, 4) is 0 Å². The molecular weight excluding hydrogens is 241 g/mol. The maximum atomic E-state index is 12.6. The number of carboxylic acid groups (broad SMARTS) is 1. The number of esters is 1. The van der Waals surface area contributed by atoms with E-state index in [2.05, 4.69) is 0 Å². The summed E-state index contributed by atoms with van der Waals surface area (Å²) in [7, 11) is 0. The molecule has 0 atom stereocenters. The molecule has 0 aliphatic rings. The molecule has 0 spiro atoms. The zero-order chi connectivity index (χ0) is 13.7. The van der Waals surface area contributed by atoms with E-state index in [9.17, 15) is 23.5 Å². The van der Waals surface area contributed by atoms with Gasteiger partial charge in [-0.05, 0) is 33.6 Å². The van der Waals surface area contributed by atoms with E-state index >= 15 is 0 Å². The molecule has 0 fully saturated rings. The van der Waals surface area contributed by atoms with Gasteiger partial charge in [0.1, 0.15) is 11.6 Å². The molecule has 0 saturated carbocycles. The van der Waals surface area contributed by atoms with Gasteiger partial charge in [0.2, 0.25) is 0 Å². The van der Waals surface area contributed by atoms with E-state index in [0.29, 0.717) is 0 Å². The Morgan fingerprint density at radius 3 is 2.06 bits per heavy atom. The average molecular weight is 258 g/mol. The van der Waals surface area contributed by atoms with Gasteiger partial charge < -0.3 is 14.6 Å². The molecular formula is C11H17F2LiO4. The number of carbonyl (C=O) groups is 2. The fourth-order valence-electron chi connectivity index (χ4n) is 1.11. The van der Waals surface area contributed by atoms with Crippen LogP contribution in [-0.4, -0.2) is 23.5 Å². The van der Waals surface area contributed by atoms with Gasteiger partial charge in [-0.3, -0.25) is 4.79 Å². The van der Waals surface area contributed by atoms with Crippen LogP contribution in [0.15, 0.2) is 0 Å². The van der Waals surface area contributed by atoms with Crippen LogP contribution < -0.4 is 24.0 Å². The van der Waals surface area contributed by atoms with Gasteiger partial charge in [0.15, 0.2) is 0 Å². The van der Waals surface area contributed by atoms with Gasteiger partial charge in [-0.15, -0.1) is 0 Å². The first-order valence-corrected chi connectivity index (χ1v) is 5.36. The van der Waals surface area contributed by atoms with Crippen molar-refractivity contribution in [1.29, 1.82) is 0 Å². The molecule has 7 heteroatoms. The van der Waals surface area contributed by atoms with Crippen molar-refractivity contribution in [2.45, 2.75) is 58.0 Å². The van der Waals surface area contributed by atoms with E-state index in [-0.39, 0.29) is 38.1 Å². The summed E-state index contributed by atoms with van der Waals surface area (Å²) in [6.45, 7) is 5.11. The quantitative estimate of drug-likeness (QED) is 0.323. The molecule has 100 valence electrons. The Morgan fingerprint density at radius 2 is 1.67 bits per heavy atom. The maximum absolute atomic E-state index is 12.6. The minimum atomic E-state index is -3.83. The molecule has 0 amide bonds. The Hall–Kier alpha value is -0.603. The first kappa shape index (κ1) is 19.7. The summed E-state index contributed by atoms with van der Waals surface area (Å²) in [6, 6.07) is 0. The second-order valence-corrected chi connectivity index (χ2v) is 4.79. The molecule has 0 aliphatic heterocycles. The van der Waals surface area contributed by atoms with Crippen LogP contribution in [0, 0.1) is 0 Å². The maximum Gasteiger partial charge on any atom is 1.00 e. The van der Waals surface area contributed by atoms with Gasteiger partial charge in [0.05, 0.1) is 0 Å². The van der Waals surface area contributed by atoms with Crippen LogP contribution in [0.4, 0.5) is 8.78 Å². The van der Waals surface area contributed by atoms with Crippen molar-refractivity contribution in [3.05, 3.63) is 0 Å². The Balaban J connectivity index is 0. The molecule has 0 bridgehead atoms. The third kappa shape index (κ3) is 9.43. The van der Waals surface area contributed by atoms with Crippen molar-refractivity contribution in [3.63, 3.8) is 0 Å². The smallest absolute Gasteiger partial charge is 0.544 e. The molecule has 4 nitrogen and oxygen atoms in total. The number of hydrogen-bond acceptors (Lipinski definition) is 4. The van der Waals surface area contributed by atoms with Gasteiger partial charge in [-0.2, -0.15) is 0 Å². The zero-order valence-corrected chi connectivity index (χ0v) is 11.2. The molecule has 0 N–H and O–H groups in total. The van der Waals surface area contributed by atoms with Crippen molar-refractivity contribution in [2.24, 2.45) is 0 Å². The third-order valence-electron chi connectivity index (χ3n) is 1.84. The summed E-state index contributed by atoms with van der Waals surface area (Å²) in [5, 5.41) is 9.98. The number of carboxylic acids is 1. The second kappa shape index (κ2) is 7.75. The fourth-order valence-corrected chi connectivity index (χ4v) is 1.11. The Bertz CT molecular complexity index is 287. The SMILES string of the molecule is CC(C)(C)OC(=O)CCCCC(F)(F)C(=O)[O-].[Li+]. The standard InChI is InChI=1S/C11H18F2O4.Li/c1-10(2,3)17-8(14)6-4-5-7-11(12,13)9(15)16;/h4-7H2,1-3H3,(H,15,16);/q;+1/p-1. The van der Waals surface area contributed by atoms with Crippen LogP contribution in [0.5, 0.6) is 0 Å². The van der Waals surface area contributed by atoms with E-state index in [0.717, 1.165) is 0 Å². The first-order chi connectivity index (χ1) is 7.54. The van der Waals surface area contributed by atoms with Crippen LogP contribution in [0.1, 0.15) is 46.5 Å². The van der Waals surface area contributed by atoms with Crippen molar-refractivity contribution >= 4 is 11.9 Å². The molecule has 0 radical (unpaired) electrons. The van der Waals surface area contributed by atoms with Crippen LogP contribution >= 0.6 is 0 Å². The predicted octanol–water partition coefficient (Wildman–Crippen LogP) is -1.72. The van der Waals surface area contributed by atoms with E-state index < -0.39 is 29.9 Å². The Morgan fingerprint density at radius 1 is 1.17 bits per heavy atom. The first-order valence-electron chi connectivity index (χ1n) is 5.36. The summed E-state index contributed by atoms with van der Waals surface area (Å²) in [5.74, 6) is -6.68. The van der Waals surface area contributed by atoms with Crippen LogP contribution in [0.25, 0.3) is 0 Å². The number of hydrogen-bond donors (Lipinski definition) is 0. The summed E-state index contributed by atoms with van der Waals surface area (Å²) in [6.07, 6.45) is -0.726. The number of alkyl halides is 2. The summed E-state index contributed by atoms with van der Waals surface area (Å²) >= 11 is 0. The number of halogens is 2. The molecule has 0 unspecified atom stereocenters. The van der Waals surface area contributed by atoms with E-state index in [1.807, 2.05) is 0 Å². The normalized spacial score (nSPS) is 11.6. The van der Waals surface area contributed by atoms with Crippen LogP contribution in [-0.2, 0) is 14.3 Å². The molecule has 0 aromatic rings. The number of ether oxygens (including phenoxy) is 1. The van der Waals surface area contributed by atoms with Crippen LogP contribution in [0.3, 0.4) is 0 Å². The molecule has 0 aliphatic carbocycles. The third-order valence-corrected chi connectivity index (χ3v) is 1.84. The van der Waals surface area contributed by atoms with Gasteiger partial charge in [0.25, 0.3) is 5.92 Å². The van der Waals surface area contributed by atoms with E-state index in [1.165, 1.54) is 0 Å². The Labute approximate surface area is 117 Å². The molecule has 0 saturated heterocycles. The van der Waals surface area contributed by atoms with Crippen molar-refractivity contribution < 1.29 is 47.1 Å². The van der Waals surface area contributed by atoms with Crippen LogP contribution in [0.2, 0.25) is 0 Å². The molecule has 0 rings (SSSR count). The molecule has 0 aromatic carbocycles.